The van der Waals surface area contributed by atoms with Crippen LogP contribution >= 0.6 is 34.4 Å². The predicted octanol–water partition coefficient (Wildman–Crippen LogP) is 4.75. The van der Waals surface area contributed by atoms with E-state index in [2.05, 4.69) is 64.9 Å². The minimum atomic E-state index is 0.0671. The molecule has 5 nitrogen and oxygen atoms in total. The summed E-state index contributed by atoms with van der Waals surface area (Å²) in [5, 5.41) is 4.65. The molecule has 1 aliphatic rings. The molecule has 0 saturated carbocycles. The van der Waals surface area contributed by atoms with Gasteiger partial charge in [-0.3, -0.25) is 9.36 Å². The highest BCUT2D eigenvalue weighted by Crippen LogP contribution is 2.46. The molecule has 2 aromatic heterocycles. The monoisotopic (exact) mass is 532 g/mol. The third kappa shape index (κ3) is 3.58. The second-order valence-electron chi connectivity index (χ2n) is 8.58. The van der Waals surface area contributed by atoms with E-state index in [4.69, 9.17) is 4.74 Å². The standard InChI is InChI=1S/C28H26N3O2S3/c1-5-30-20-13-11-17-9-7-8-10-19(17)25(20)35-23(30)16-24-31(6-2)27(32)26(36-24)28-29(3)21-15-18(33-4)12-14-22(21)34-28/h7-16H,5-6H2,1-4H3/q+1. The maximum Gasteiger partial charge on any atom is 0.271 e. The van der Waals surface area contributed by atoms with Crippen LogP contribution in [0.15, 0.2) is 64.3 Å². The lowest BCUT2D eigenvalue weighted by atomic mass is 10.1. The van der Waals surface area contributed by atoms with E-state index in [0.717, 1.165) is 42.1 Å². The number of methoxy groups -OCH3 is 1. The van der Waals surface area contributed by atoms with Crippen LogP contribution in [-0.4, -0.2) is 18.7 Å². The van der Waals surface area contributed by atoms with Gasteiger partial charge in [0.25, 0.3) is 10.6 Å². The Bertz CT molecular complexity index is 1830. The average Bonchev–Trinajstić information content (AvgIpc) is 3.54. The Kier molecular flexibility index (Phi) is 5.90. The lowest BCUT2D eigenvalue weighted by Crippen LogP contribution is -2.35. The van der Waals surface area contributed by atoms with Gasteiger partial charge in [0.15, 0.2) is 0 Å². The zero-order valence-electron chi connectivity index (χ0n) is 20.6. The van der Waals surface area contributed by atoms with Crippen LogP contribution < -0.4 is 29.0 Å². The van der Waals surface area contributed by atoms with E-state index in [1.807, 2.05) is 30.7 Å². The SMILES string of the molecule is CCn1c(=Cc2sc3c4ccccc4ccc3[n+]2CC)sc(=C2Sc3ccc(OC)cc3N2C)c1=O. The van der Waals surface area contributed by atoms with Gasteiger partial charge in [-0.15, -0.1) is 11.3 Å². The third-order valence-corrected chi connectivity index (χ3v) is 10.3. The van der Waals surface area contributed by atoms with Gasteiger partial charge in [-0.2, -0.15) is 4.57 Å². The van der Waals surface area contributed by atoms with Crippen LogP contribution in [0.1, 0.15) is 18.9 Å². The summed E-state index contributed by atoms with van der Waals surface area (Å²) in [5.41, 5.74) is 2.37. The van der Waals surface area contributed by atoms with Crippen molar-refractivity contribution in [1.82, 2.24) is 4.57 Å². The number of hydrogen-bond acceptors (Lipinski definition) is 6. The number of thiazole rings is 2. The van der Waals surface area contributed by atoms with Gasteiger partial charge in [0.1, 0.15) is 31.2 Å². The summed E-state index contributed by atoms with van der Waals surface area (Å²) in [5.74, 6) is 0.815. The van der Waals surface area contributed by atoms with Crippen molar-refractivity contribution in [2.24, 2.45) is 0 Å². The van der Waals surface area contributed by atoms with E-state index >= 15 is 0 Å². The molecule has 0 spiro atoms. The molecule has 0 amide bonds. The first kappa shape index (κ1) is 23.3. The fourth-order valence-corrected chi connectivity index (χ4v) is 8.59. The van der Waals surface area contributed by atoms with Crippen molar-refractivity contribution in [2.75, 3.05) is 19.1 Å². The van der Waals surface area contributed by atoms with Crippen molar-refractivity contribution < 1.29 is 9.30 Å². The van der Waals surface area contributed by atoms with Gasteiger partial charge in [-0.25, -0.2) is 0 Å². The normalized spacial score (nSPS) is 15.3. The molecule has 6 rings (SSSR count). The highest BCUT2D eigenvalue weighted by molar-refractivity contribution is 8.08. The second kappa shape index (κ2) is 9.10. The number of fused-ring (bicyclic) bond motifs is 4. The molecule has 0 saturated heterocycles. The van der Waals surface area contributed by atoms with E-state index in [9.17, 15) is 4.79 Å². The van der Waals surface area contributed by atoms with Crippen LogP contribution in [0.4, 0.5) is 5.69 Å². The van der Waals surface area contributed by atoms with Crippen LogP contribution in [0.5, 0.6) is 5.75 Å². The lowest BCUT2D eigenvalue weighted by Gasteiger charge is -2.13. The molecule has 8 heteroatoms. The Morgan fingerprint density at radius 2 is 1.89 bits per heavy atom. The summed E-state index contributed by atoms with van der Waals surface area (Å²) >= 11 is 5.02. The van der Waals surface area contributed by atoms with Crippen molar-refractivity contribution in [1.29, 1.82) is 0 Å². The molecule has 0 bridgehead atoms. The van der Waals surface area contributed by atoms with Crippen LogP contribution in [0, 0.1) is 0 Å². The highest BCUT2D eigenvalue weighted by atomic mass is 32.2. The minimum absolute atomic E-state index is 0.0671. The molecule has 5 aromatic rings. The van der Waals surface area contributed by atoms with Gasteiger partial charge in [-0.1, -0.05) is 47.4 Å². The maximum absolute atomic E-state index is 13.6. The predicted molar refractivity (Wildman–Crippen MR) is 153 cm³/mol. The summed E-state index contributed by atoms with van der Waals surface area (Å²) in [7, 11) is 3.70. The Hall–Kier alpha value is -3.07. The van der Waals surface area contributed by atoms with Crippen molar-refractivity contribution in [2.45, 2.75) is 31.8 Å². The molecule has 0 aliphatic carbocycles. The van der Waals surface area contributed by atoms with Crippen LogP contribution in [0.2, 0.25) is 0 Å². The highest BCUT2D eigenvalue weighted by Gasteiger charge is 2.26. The molecular formula is C28H26N3O2S3+. The number of aromatic nitrogens is 2. The smallest absolute Gasteiger partial charge is 0.271 e. The average molecular weight is 533 g/mol. The van der Waals surface area contributed by atoms with Crippen molar-refractivity contribution in [3.05, 3.63) is 79.2 Å². The first-order valence-corrected chi connectivity index (χ1v) is 14.4. The summed E-state index contributed by atoms with van der Waals surface area (Å²) in [6.45, 7) is 5.71. The van der Waals surface area contributed by atoms with E-state index in [1.54, 1.807) is 41.5 Å². The van der Waals surface area contributed by atoms with Gasteiger partial charge in [-0.05, 0) is 37.4 Å². The van der Waals surface area contributed by atoms with Gasteiger partial charge >= 0.3 is 0 Å². The van der Waals surface area contributed by atoms with Crippen molar-refractivity contribution >= 4 is 72.2 Å². The fraction of sp³-hybridized carbons (Fsp3) is 0.214. The Morgan fingerprint density at radius 3 is 2.67 bits per heavy atom. The Labute approximate surface area is 221 Å². The molecule has 3 heterocycles. The molecule has 0 unspecified atom stereocenters. The molecule has 182 valence electrons. The van der Waals surface area contributed by atoms with E-state index in [1.165, 1.54) is 21.0 Å². The van der Waals surface area contributed by atoms with E-state index < -0.39 is 0 Å². The summed E-state index contributed by atoms with van der Waals surface area (Å²) < 4.78 is 12.7. The fourth-order valence-electron chi connectivity index (χ4n) is 4.79. The van der Waals surface area contributed by atoms with Crippen molar-refractivity contribution in [3.8, 4) is 5.75 Å². The number of anilines is 1. The zero-order valence-corrected chi connectivity index (χ0v) is 23.0. The lowest BCUT2D eigenvalue weighted by molar-refractivity contribution is -0.665. The molecule has 0 fully saturated rings. The largest absolute Gasteiger partial charge is 0.497 e. The first-order chi connectivity index (χ1) is 17.5. The molecule has 3 aromatic carbocycles. The van der Waals surface area contributed by atoms with Gasteiger partial charge in [0.2, 0.25) is 5.52 Å². The third-order valence-electron chi connectivity index (χ3n) is 6.65. The molecule has 1 aliphatic heterocycles. The molecule has 0 radical (unpaired) electrons. The summed E-state index contributed by atoms with van der Waals surface area (Å²) in [6.07, 6.45) is 2.19. The second-order valence-corrected chi connectivity index (χ2v) is 11.7. The Morgan fingerprint density at radius 1 is 1.06 bits per heavy atom. The van der Waals surface area contributed by atoms with E-state index in [0.29, 0.717) is 6.54 Å². The number of hydrogen-bond donors (Lipinski definition) is 0. The van der Waals surface area contributed by atoms with Crippen molar-refractivity contribution in [3.63, 3.8) is 0 Å². The zero-order chi connectivity index (χ0) is 25.0. The van der Waals surface area contributed by atoms with E-state index in [-0.39, 0.29) is 5.56 Å². The minimum Gasteiger partial charge on any atom is -0.497 e. The molecule has 0 N–H and O–H groups in total. The topological polar surface area (TPSA) is 38.4 Å². The van der Waals surface area contributed by atoms with Gasteiger partial charge in [0, 0.05) is 36.0 Å². The van der Waals surface area contributed by atoms with Gasteiger partial charge < -0.3 is 9.64 Å². The summed E-state index contributed by atoms with van der Waals surface area (Å²) in [6, 6.07) is 19.0. The molecule has 36 heavy (non-hydrogen) atoms. The number of aryl methyl sites for hydroxylation is 1. The van der Waals surface area contributed by atoms with Gasteiger partial charge in [0.05, 0.1) is 18.9 Å². The number of nitrogens with zero attached hydrogens (tertiary/aromatic N) is 3. The number of thioether (sulfide) groups is 1. The van der Waals surface area contributed by atoms with Crippen LogP contribution in [-0.2, 0) is 13.1 Å². The quantitative estimate of drug-likeness (QED) is 0.313. The summed E-state index contributed by atoms with van der Waals surface area (Å²) in [4.78, 5) is 16.8. The molecular weight excluding hydrogens is 507 g/mol. The molecule has 0 atom stereocenters. The Balaban J connectivity index is 1.57. The first-order valence-electron chi connectivity index (χ1n) is 11.9. The van der Waals surface area contributed by atoms with Crippen LogP contribution in [0.25, 0.3) is 32.1 Å². The number of benzene rings is 3. The maximum atomic E-state index is 13.6. The van der Waals surface area contributed by atoms with Crippen LogP contribution in [0.3, 0.4) is 0 Å². The number of rotatable bonds is 4. The number of ether oxygens (including phenoxy) is 1.